The van der Waals surface area contributed by atoms with Crippen molar-refractivity contribution in [1.29, 1.82) is 0 Å². The topological polar surface area (TPSA) is 113 Å². The summed E-state index contributed by atoms with van der Waals surface area (Å²) in [6, 6.07) is 9.25. The zero-order chi connectivity index (χ0) is 25.4. The Morgan fingerprint density at radius 1 is 1.28 bits per heavy atom. The summed E-state index contributed by atoms with van der Waals surface area (Å²) < 4.78 is 2.58. The normalized spacial score (nSPS) is 12.1. The van der Waals surface area contributed by atoms with Gasteiger partial charge in [0.05, 0.1) is 34.3 Å². The Bertz CT molecular complexity index is 1470. The number of anilines is 1. The van der Waals surface area contributed by atoms with Crippen molar-refractivity contribution < 1.29 is 14.7 Å². The van der Waals surface area contributed by atoms with Crippen molar-refractivity contribution in [2.75, 3.05) is 25.5 Å². The Balaban J connectivity index is 1.66. The molecule has 36 heavy (non-hydrogen) atoms. The van der Waals surface area contributed by atoms with Gasteiger partial charge in [-0.2, -0.15) is 5.10 Å². The van der Waals surface area contributed by atoms with Crippen molar-refractivity contribution in [1.82, 2.24) is 24.6 Å². The monoisotopic (exact) mass is 566 g/mol. The molecule has 1 aliphatic carbocycles. The van der Waals surface area contributed by atoms with E-state index in [4.69, 9.17) is 5.10 Å². The maximum atomic E-state index is 12.7. The lowest BCUT2D eigenvalue weighted by atomic mass is 9.95. The summed E-state index contributed by atoms with van der Waals surface area (Å²) in [6.07, 6.45) is 5.01. The van der Waals surface area contributed by atoms with Crippen molar-refractivity contribution in [3.05, 3.63) is 64.0 Å². The number of aromatic nitrogens is 4. The van der Waals surface area contributed by atoms with Gasteiger partial charge in [-0.05, 0) is 59.1 Å². The fourth-order valence-electron chi connectivity index (χ4n) is 4.27. The van der Waals surface area contributed by atoms with Crippen LogP contribution in [-0.4, -0.2) is 61.8 Å². The van der Waals surface area contributed by atoms with Crippen LogP contribution in [-0.2, 0) is 17.6 Å². The molecule has 0 saturated heterocycles. The van der Waals surface area contributed by atoms with Crippen molar-refractivity contribution in [2.45, 2.75) is 19.8 Å². The molecule has 0 aliphatic heterocycles. The minimum absolute atomic E-state index is 0.101. The van der Waals surface area contributed by atoms with Crippen LogP contribution in [0, 0.1) is 0 Å². The number of thiazole rings is 1. The SMILES string of the molecule is CC(=O)Nc1nc2c(s1)-c1c(c(-c3cccnc3)nn1-c1ccc(C(=O)N(C)CCO)cc1Br)CC2. The molecule has 0 bridgehead atoms. The number of likely N-dealkylation sites (N-methyl/N-ethyl adjacent to an activating group) is 1. The Hall–Kier alpha value is -3.41. The lowest BCUT2D eigenvalue weighted by Gasteiger charge is -2.17. The zero-order valence-electron chi connectivity index (χ0n) is 19.7. The van der Waals surface area contributed by atoms with Crippen LogP contribution in [0.5, 0.6) is 0 Å². The molecule has 3 aromatic heterocycles. The van der Waals surface area contributed by atoms with E-state index in [1.165, 1.54) is 23.2 Å². The number of halogens is 1. The third-order valence-corrected chi connectivity index (χ3v) is 7.59. The summed E-state index contributed by atoms with van der Waals surface area (Å²) in [5.74, 6) is -0.348. The van der Waals surface area contributed by atoms with Crippen LogP contribution in [0.1, 0.15) is 28.5 Å². The van der Waals surface area contributed by atoms with Gasteiger partial charge < -0.3 is 15.3 Å². The van der Waals surface area contributed by atoms with E-state index >= 15 is 0 Å². The van der Waals surface area contributed by atoms with Gasteiger partial charge in [-0.25, -0.2) is 9.67 Å². The first-order valence-corrected chi connectivity index (χ1v) is 12.9. The molecule has 1 aromatic carbocycles. The number of carbonyl (C=O) groups excluding carboxylic acids is 2. The van der Waals surface area contributed by atoms with Gasteiger partial charge in [0.25, 0.3) is 5.91 Å². The fourth-order valence-corrected chi connectivity index (χ4v) is 5.93. The first kappa shape index (κ1) is 24.3. The molecule has 9 nitrogen and oxygen atoms in total. The third kappa shape index (κ3) is 4.45. The molecule has 3 heterocycles. The summed E-state index contributed by atoms with van der Waals surface area (Å²) in [7, 11) is 1.66. The molecule has 0 fully saturated rings. The standard InChI is InChI=1S/C25H23BrN6O3S/c1-14(34)28-25-29-19-7-6-17-21(16-4-3-9-27-13-16)30-32(22(17)23(19)36-25)20-8-5-15(12-18(20)26)24(35)31(2)10-11-33/h3-5,8-9,12-13,33H,6-7,10-11H2,1-2H3,(H,28,29,34). The molecule has 5 rings (SSSR count). The van der Waals surface area contributed by atoms with Crippen LogP contribution in [0.4, 0.5) is 5.13 Å². The molecule has 0 spiro atoms. The van der Waals surface area contributed by atoms with Crippen LogP contribution in [0.15, 0.2) is 47.2 Å². The highest BCUT2D eigenvalue weighted by Gasteiger charge is 2.30. The second-order valence-corrected chi connectivity index (χ2v) is 10.3. The van der Waals surface area contributed by atoms with E-state index in [0.29, 0.717) is 15.2 Å². The second-order valence-electron chi connectivity index (χ2n) is 8.42. The van der Waals surface area contributed by atoms with Crippen LogP contribution < -0.4 is 5.32 Å². The Morgan fingerprint density at radius 2 is 2.11 bits per heavy atom. The van der Waals surface area contributed by atoms with Crippen molar-refractivity contribution in [2.24, 2.45) is 0 Å². The van der Waals surface area contributed by atoms with Crippen LogP contribution >= 0.6 is 27.3 Å². The highest BCUT2D eigenvalue weighted by atomic mass is 79.9. The molecule has 2 amide bonds. The number of nitrogens with one attached hydrogen (secondary N) is 1. The Kier molecular flexibility index (Phi) is 6.69. The molecule has 184 valence electrons. The molecule has 1 aliphatic rings. The van der Waals surface area contributed by atoms with E-state index in [9.17, 15) is 14.7 Å². The largest absolute Gasteiger partial charge is 0.395 e. The smallest absolute Gasteiger partial charge is 0.253 e. The summed E-state index contributed by atoms with van der Waals surface area (Å²) in [5, 5.41) is 17.5. The maximum absolute atomic E-state index is 12.7. The Morgan fingerprint density at radius 3 is 2.81 bits per heavy atom. The number of pyridine rings is 1. The summed E-state index contributed by atoms with van der Waals surface area (Å²) in [6.45, 7) is 1.62. The van der Waals surface area contributed by atoms with E-state index < -0.39 is 0 Å². The van der Waals surface area contributed by atoms with Crippen LogP contribution in [0.25, 0.3) is 27.5 Å². The molecule has 0 radical (unpaired) electrons. The van der Waals surface area contributed by atoms with Gasteiger partial charge in [0.1, 0.15) is 0 Å². The molecular formula is C25H23BrN6O3S. The van der Waals surface area contributed by atoms with Crippen LogP contribution in [0.2, 0.25) is 0 Å². The van der Waals surface area contributed by atoms with Gasteiger partial charge in [0.15, 0.2) is 5.13 Å². The molecule has 2 N–H and O–H groups in total. The van der Waals surface area contributed by atoms with Gasteiger partial charge in [-0.1, -0.05) is 11.3 Å². The zero-order valence-corrected chi connectivity index (χ0v) is 22.1. The average Bonchev–Trinajstić information content (AvgIpc) is 3.44. The number of aliphatic hydroxyl groups is 1. The number of hydrogen-bond donors (Lipinski definition) is 2. The third-order valence-electron chi connectivity index (χ3n) is 5.93. The number of benzene rings is 1. The summed E-state index contributed by atoms with van der Waals surface area (Å²) in [5.41, 5.74) is 5.95. The molecule has 0 atom stereocenters. The first-order chi connectivity index (χ1) is 17.4. The number of aliphatic hydroxyl groups excluding tert-OH is 1. The molecular weight excluding hydrogens is 544 g/mol. The maximum Gasteiger partial charge on any atom is 0.253 e. The van der Waals surface area contributed by atoms with Crippen molar-refractivity contribution in [3.8, 4) is 27.5 Å². The fraction of sp³-hybridized carbons (Fsp3) is 0.240. The number of hydrogen-bond acceptors (Lipinski definition) is 7. The minimum Gasteiger partial charge on any atom is -0.395 e. The number of amides is 2. The second kappa shape index (κ2) is 9.92. The van der Waals surface area contributed by atoms with Crippen LogP contribution in [0.3, 0.4) is 0 Å². The number of carbonyl (C=O) groups is 2. The molecule has 0 saturated carbocycles. The quantitative estimate of drug-likeness (QED) is 0.365. The molecule has 4 aromatic rings. The number of fused-ring (bicyclic) bond motifs is 3. The average molecular weight is 567 g/mol. The van der Waals surface area contributed by atoms with E-state index in [1.54, 1.807) is 31.6 Å². The summed E-state index contributed by atoms with van der Waals surface area (Å²) >= 11 is 5.08. The van der Waals surface area contributed by atoms with Crippen molar-refractivity contribution >= 4 is 44.2 Å². The first-order valence-electron chi connectivity index (χ1n) is 11.3. The number of nitrogens with zero attached hydrogens (tertiary/aromatic N) is 5. The number of rotatable bonds is 6. The van der Waals surface area contributed by atoms with Gasteiger partial charge in [-0.15, -0.1) is 0 Å². The minimum atomic E-state index is -0.181. The van der Waals surface area contributed by atoms with Crippen molar-refractivity contribution in [3.63, 3.8) is 0 Å². The summed E-state index contributed by atoms with van der Waals surface area (Å²) in [4.78, 5) is 35.7. The van der Waals surface area contributed by atoms with Gasteiger partial charge in [-0.3, -0.25) is 14.6 Å². The van der Waals surface area contributed by atoms with E-state index in [0.717, 1.165) is 51.6 Å². The van der Waals surface area contributed by atoms with Gasteiger partial charge in [0, 0.05) is 54.1 Å². The highest BCUT2D eigenvalue weighted by Crippen LogP contribution is 2.44. The molecule has 0 unspecified atom stereocenters. The van der Waals surface area contributed by atoms with E-state index in [1.807, 2.05) is 22.9 Å². The predicted molar refractivity (Wildman–Crippen MR) is 141 cm³/mol. The number of aryl methyl sites for hydroxylation is 1. The molecule has 11 heteroatoms. The predicted octanol–water partition coefficient (Wildman–Crippen LogP) is 3.94. The highest BCUT2D eigenvalue weighted by molar-refractivity contribution is 9.10. The van der Waals surface area contributed by atoms with E-state index in [-0.39, 0.29) is 25.0 Å². The lowest BCUT2D eigenvalue weighted by molar-refractivity contribution is -0.114. The Labute approximate surface area is 219 Å². The van der Waals surface area contributed by atoms with E-state index in [2.05, 4.69) is 31.2 Å². The lowest BCUT2D eigenvalue weighted by Crippen LogP contribution is -2.29. The van der Waals surface area contributed by atoms with Gasteiger partial charge in [0.2, 0.25) is 5.91 Å². The van der Waals surface area contributed by atoms with Gasteiger partial charge >= 0.3 is 0 Å².